The Balaban J connectivity index is 2.01. The van der Waals surface area contributed by atoms with E-state index in [1.165, 1.54) is 12.1 Å². The molecule has 0 radical (unpaired) electrons. The Bertz CT molecular complexity index is 737. The summed E-state index contributed by atoms with van der Waals surface area (Å²) in [5, 5.41) is 0. The lowest BCUT2D eigenvalue weighted by atomic mass is 10.1. The van der Waals surface area contributed by atoms with Crippen molar-refractivity contribution in [2.24, 2.45) is 5.92 Å². The minimum atomic E-state index is -3.87. The Kier molecular flexibility index (Phi) is 6.77. The third-order valence-electron chi connectivity index (χ3n) is 4.33. The van der Waals surface area contributed by atoms with E-state index in [0.717, 1.165) is 18.4 Å². The van der Waals surface area contributed by atoms with Crippen LogP contribution in [0.15, 0.2) is 29.2 Å². The maximum atomic E-state index is 12.5. The van der Waals surface area contributed by atoms with E-state index >= 15 is 0 Å². The molecule has 26 heavy (non-hydrogen) atoms. The van der Waals surface area contributed by atoms with Gasteiger partial charge in [0.15, 0.2) is 6.61 Å². The summed E-state index contributed by atoms with van der Waals surface area (Å²) in [5.74, 6) is -1.33. The Morgan fingerprint density at radius 1 is 1.15 bits per heavy atom. The maximum Gasteiger partial charge on any atom is 0.324 e. The van der Waals surface area contributed by atoms with Crippen molar-refractivity contribution in [3.8, 4) is 0 Å². The Hall–Kier alpha value is -1.93. The number of aryl methyl sites for hydroxylation is 1. The van der Waals surface area contributed by atoms with Gasteiger partial charge in [-0.15, -0.1) is 0 Å². The first-order valence-electron chi connectivity index (χ1n) is 8.74. The van der Waals surface area contributed by atoms with E-state index in [-0.39, 0.29) is 23.3 Å². The van der Waals surface area contributed by atoms with Crippen LogP contribution in [-0.2, 0) is 24.3 Å². The fourth-order valence-corrected chi connectivity index (χ4v) is 4.02. The minimum Gasteiger partial charge on any atom is -0.454 e. The Morgan fingerprint density at radius 3 is 2.27 bits per heavy atom. The van der Waals surface area contributed by atoms with Gasteiger partial charge in [-0.3, -0.25) is 9.59 Å². The molecule has 0 saturated carbocycles. The number of benzene rings is 1. The second kappa shape index (κ2) is 8.64. The number of carbonyl (C=O) groups excluding carboxylic acids is 2. The van der Waals surface area contributed by atoms with Gasteiger partial charge in [0.1, 0.15) is 6.04 Å². The first-order valence-corrected chi connectivity index (χ1v) is 10.2. The Morgan fingerprint density at radius 2 is 1.73 bits per heavy atom. The maximum absolute atomic E-state index is 12.5. The van der Waals surface area contributed by atoms with Crippen molar-refractivity contribution in [1.29, 1.82) is 0 Å². The predicted molar refractivity (Wildman–Crippen MR) is 96.9 cm³/mol. The molecule has 0 unspecified atom stereocenters. The third-order valence-corrected chi connectivity index (χ3v) is 5.79. The zero-order valence-corrected chi connectivity index (χ0v) is 16.2. The SMILES string of the molecule is Cc1ccc(S(=O)(=O)N[C@@H](C(=O)OCC(=O)N2CCCC2)C(C)C)cc1. The van der Waals surface area contributed by atoms with Gasteiger partial charge in [-0.25, -0.2) is 8.42 Å². The van der Waals surface area contributed by atoms with Gasteiger partial charge < -0.3 is 9.64 Å². The highest BCUT2D eigenvalue weighted by Gasteiger charge is 2.30. The second-order valence-electron chi connectivity index (χ2n) is 6.85. The summed E-state index contributed by atoms with van der Waals surface area (Å²) in [5.41, 5.74) is 0.934. The van der Waals surface area contributed by atoms with Crippen LogP contribution in [0.5, 0.6) is 0 Å². The molecule has 1 fully saturated rings. The molecular formula is C18H26N2O5S. The molecule has 1 saturated heterocycles. The number of carbonyl (C=O) groups is 2. The minimum absolute atomic E-state index is 0.0784. The summed E-state index contributed by atoms with van der Waals surface area (Å²) in [7, 11) is -3.87. The van der Waals surface area contributed by atoms with E-state index in [1.807, 2.05) is 6.92 Å². The van der Waals surface area contributed by atoms with Crippen LogP contribution in [-0.4, -0.2) is 50.9 Å². The van der Waals surface area contributed by atoms with Crippen LogP contribution in [0.25, 0.3) is 0 Å². The van der Waals surface area contributed by atoms with Crippen LogP contribution in [0, 0.1) is 12.8 Å². The zero-order valence-electron chi connectivity index (χ0n) is 15.4. The van der Waals surface area contributed by atoms with Crippen LogP contribution in [0.1, 0.15) is 32.3 Å². The largest absolute Gasteiger partial charge is 0.454 e. The molecule has 8 heteroatoms. The first kappa shape index (κ1) is 20.4. The van der Waals surface area contributed by atoms with Gasteiger partial charge >= 0.3 is 5.97 Å². The van der Waals surface area contributed by atoms with Crippen molar-refractivity contribution in [2.45, 2.75) is 44.6 Å². The van der Waals surface area contributed by atoms with Crippen molar-refractivity contribution in [1.82, 2.24) is 9.62 Å². The number of hydrogen-bond acceptors (Lipinski definition) is 5. The lowest BCUT2D eigenvalue weighted by Gasteiger charge is -2.21. The first-order chi connectivity index (χ1) is 12.2. The molecule has 0 aliphatic carbocycles. The fourth-order valence-electron chi connectivity index (χ4n) is 2.69. The lowest BCUT2D eigenvalue weighted by molar-refractivity contribution is -0.153. The molecule has 0 aromatic heterocycles. The second-order valence-corrected chi connectivity index (χ2v) is 8.57. The molecule has 1 amide bonds. The van der Waals surface area contributed by atoms with Crippen LogP contribution < -0.4 is 4.72 Å². The molecule has 144 valence electrons. The normalized spacial score (nSPS) is 15.9. The van der Waals surface area contributed by atoms with Crippen LogP contribution >= 0.6 is 0 Å². The summed E-state index contributed by atoms with van der Waals surface area (Å²) >= 11 is 0. The fraction of sp³-hybridized carbons (Fsp3) is 0.556. The molecule has 1 N–H and O–H groups in total. The number of esters is 1. The number of sulfonamides is 1. The number of nitrogens with one attached hydrogen (secondary N) is 1. The van der Waals surface area contributed by atoms with E-state index in [4.69, 9.17) is 4.74 Å². The average Bonchev–Trinajstić information content (AvgIpc) is 3.12. The van der Waals surface area contributed by atoms with Gasteiger partial charge in [0.2, 0.25) is 10.0 Å². The van der Waals surface area contributed by atoms with E-state index < -0.39 is 22.0 Å². The number of amides is 1. The standard InChI is InChI=1S/C18H26N2O5S/c1-13(2)17(18(22)25-12-16(21)20-10-4-5-11-20)19-26(23,24)15-8-6-14(3)7-9-15/h6-9,13,17,19H,4-5,10-12H2,1-3H3/t17-/m1/s1. The number of hydrogen-bond donors (Lipinski definition) is 1. The lowest BCUT2D eigenvalue weighted by Crippen LogP contribution is -2.46. The van der Waals surface area contributed by atoms with Crippen molar-refractivity contribution >= 4 is 21.9 Å². The average molecular weight is 382 g/mol. The van der Waals surface area contributed by atoms with Gasteiger partial charge in [-0.05, 0) is 37.8 Å². The van der Waals surface area contributed by atoms with Crippen LogP contribution in [0.4, 0.5) is 0 Å². The van der Waals surface area contributed by atoms with Gasteiger partial charge in [-0.2, -0.15) is 4.72 Å². The van der Waals surface area contributed by atoms with E-state index in [9.17, 15) is 18.0 Å². The summed E-state index contributed by atoms with van der Waals surface area (Å²) in [4.78, 5) is 26.1. The van der Waals surface area contributed by atoms with Gasteiger partial charge in [-0.1, -0.05) is 31.5 Å². The van der Waals surface area contributed by atoms with Gasteiger partial charge in [0.25, 0.3) is 5.91 Å². The van der Waals surface area contributed by atoms with E-state index in [1.54, 1.807) is 30.9 Å². The smallest absolute Gasteiger partial charge is 0.324 e. The number of likely N-dealkylation sites (tertiary alicyclic amines) is 1. The highest BCUT2D eigenvalue weighted by Crippen LogP contribution is 2.14. The quantitative estimate of drug-likeness (QED) is 0.721. The summed E-state index contributed by atoms with van der Waals surface area (Å²) in [6.45, 7) is 6.26. The van der Waals surface area contributed by atoms with Crippen molar-refractivity contribution in [3.05, 3.63) is 29.8 Å². The monoisotopic (exact) mass is 382 g/mol. The molecule has 7 nitrogen and oxygen atoms in total. The highest BCUT2D eigenvalue weighted by atomic mass is 32.2. The molecule has 0 bridgehead atoms. The molecule has 1 aromatic rings. The highest BCUT2D eigenvalue weighted by molar-refractivity contribution is 7.89. The Labute approximate surface area is 154 Å². The molecule has 1 aliphatic heterocycles. The number of nitrogens with zero attached hydrogens (tertiary/aromatic N) is 1. The summed E-state index contributed by atoms with van der Waals surface area (Å²) in [6, 6.07) is 5.28. The third kappa shape index (κ3) is 5.28. The number of rotatable bonds is 7. The summed E-state index contributed by atoms with van der Waals surface area (Å²) < 4.78 is 32.5. The van der Waals surface area contributed by atoms with Crippen molar-refractivity contribution < 1.29 is 22.7 Å². The van der Waals surface area contributed by atoms with Gasteiger partial charge in [0, 0.05) is 13.1 Å². The summed E-state index contributed by atoms with van der Waals surface area (Å²) in [6.07, 6.45) is 1.90. The molecule has 0 spiro atoms. The molecule has 1 aliphatic rings. The van der Waals surface area contributed by atoms with E-state index in [0.29, 0.717) is 13.1 Å². The molecular weight excluding hydrogens is 356 g/mol. The topological polar surface area (TPSA) is 92.8 Å². The zero-order chi connectivity index (χ0) is 19.3. The predicted octanol–water partition coefficient (Wildman–Crippen LogP) is 1.46. The van der Waals surface area contributed by atoms with Crippen molar-refractivity contribution in [2.75, 3.05) is 19.7 Å². The molecule has 1 atom stereocenters. The van der Waals surface area contributed by atoms with E-state index in [2.05, 4.69) is 4.72 Å². The molecule has 1 heterocycles. The van der Waals surface area contributed by atoms with Crippen LogP contribution in [0.3, 0.4) is 0 Å². The molecule has 1 aromatic carbocycles. The molecule has 2 rings (SSSR count). The van der Waals surface area contributed by atoms with Crippen LogP contribution in [0.2, 0.25) is 0 Å². The van der Waals surface area contributed by atoms with Gasteiger partial charge in [0.05, 0.1) is 4.90 Å². The number of ether oxygens (including phenoxy) is 1. The van der Waals surface area contributed by atoms with Crippen molar-refractivity contribution in [3.63, 3.8) is 0 Å².